The molecule has 1 aromatic carbocycles. The van der Waals surface area contributed by atoms with Crippen molar-refractivity contribution in [1.82, 2.24) is 0 Å². The molecule has 0 fully saturated rings. The van der Waals surface area contributed by atoms with Crippen molar-refractivity contribution in [2.24, 2.45) is 0 Å². The minimum absolute atomic E-state index is 0.320. The maximum absolute atomic E-state index is 12.5. The Morgan fingerprint density at radius 3 is 2.44 bits per heavy atom. The lowest BCUT2D eigenvalue weighted by Crippen LogP contribution is -2.16. The van der Waals surface area contributed by atoms with Crippen LogP contribution in [0.1, 0.15) is 25.0 Å². The van der Waals surface area contributed by atoms with Crippen LogP contribution in [0.2, 0.25) is 0 Å². The molecule has 0 saturated heterocycles. The second-order valence-corrected chi connectivity index (χ2v) is 4.49. The van der Waals surface area contributed by atoms with Gasteiger partial charge in [-0.1, -0.05) is 26.5 Å². The highest BCUT2D eigenvalue weighted by Gasteiger charge is 2.37. The van der Waals surface area contributed by atoms with Crippen LogP contribution in [-0.4, -0.2) is 0 Å². The maximum Gasteiger partial charge on any atom is 0.416 e. The number of hydrogen-bond donors (Lipinski definition) is 1. The number of anilines is 1. The van der Waals surface area contributed by atoms with E-state index in [-0.39, 0.29) is 5.41 Å². The molecule has 1 aliphatic heterocycles. The molecule has 1 aromatic rings. The third kappa shape index (κ3) is 1.49. The summed E-state index contributed by atoms with van der Waals surface area (Å²) in [6.45, 7) is 7.69. The smallest absolute Gasteiger partial charge is 0.358 e. The minimum atomic E-state index is -4.30. The SMILES string of the molecule is C=C1Nc2cc(C(F)(F)F)ccc2C1(C)C. The average Bonchev–Trinajstić information content (AvgIpc) is 2.36. The fraction of sp³-hybridized carbons (Fsp3) is 0.333. The fourth-order valence-electron chi connectivity index (χ4n) is 1.85. The predicted octanol–water partition coefficient (Wildman–Crippen LogP) is 3.92. The van der Waals surface area contributed by atoms with Gasteiger partial charge >= 0.3 is 6.18 Å². The Hall–Kier alpha value is -1.45. The van der Waals surface area contributed by atoms with Gasteiger partial charge in [-0.25, -0.2) is 0 Å². The van der Waals surface area contributed by atoms with Crippen molar-refractivity contribution in [3.8, 4) is 0 Å². The van der Waals surface area contributed by atoms with Gasteiger partial charge in [-0.05, 0) is 17.7 Å². The zero-order chi connectivity index (χ0) is 12.1. The molecule has 1 heterocycles. The van der Waals surface area contributed by atoms with E-state index in [2.05, 4.69) is 11.9 Å². The number of rotatable bonds is 0. The summed E-state index contributed by atoms with van der Waals surface area (Å²) in [6, 6.07) is 3.76. The highest BCUT2D eigenvalue weighted by atomic mass is 19.4. The summed E-state index contributed by atoms with van der Waals surface area (Å²) in [5.41, 5.74) is 1.13. The maximum atomic E-state index is 12.5. The fourth-order valence-corrected chi connectivity index (χ4v) is 1.85. The summed E-state index contributed by atoms with van der Waals surface area (Å²) in [6.07, 6.45) is -4.30. The molecule has 16 heavy (non-hydrogen) atoms. The van der Waals surface area contributed by atoms with Crippen molar-refractivity contribution in [3.63, 3.8) is 0 Å². The molecular formula is C12H12F3N. The first-order chi connectivity index (χ1) is 7.23. The number of nitrogens with one attached hydrogen (secondary N) is 1. The van der Waals surface area contributed by atoms with Crippen LogP contribution >= 0.6 is 0 Å². The van der Waals surface area contributed by atoms with Gasteiger partial charge in [-0.15, -0.1) is 0 Å². The van der Waals surface area contributed by atoms with Gasteiger partial charge in [0, 0.05) is 16.8 Å². The van der Waals surface area contributed by atoms with Crippen molar-refractivity contribution in [3.05, 3.63) is 41.6 Å². The summed E-state index contributed by atoms with van der Waals surface area (Å²) >= 11 is 0. The van der Waals surface area contributed by atoms with Crippen LogP contribution in [0.25, 0.3) is 0 Å². The van der Waals surface area contributed by atoms with Crippen molar-refractivity contribution < 1.29 is 13.2 Å². The molecule has 1 aliphatic rings. The van der Waals surface area contributed by atoms with Crippen LogP contribution in [0.3, 0.4) is 0 Å². The van der Waals surface area contributed by atoms with Crippen LogP contribution in [0.15, 0.2) is 30.5 Å². The van der Waals surface area contributed by atoms with Crippen LogP contribution in [0.5, 0.6) is 0 Å². The number of fused-ring (bicyclic) bond motifs is 1. The van der Waals surface area contributed by atoms with E-state index in [1.807, 2.05) is 13.8 Å². The monoisotopic (exact) mass is 227 g/mol. The number of allylic oxidation sites excluding steroid dienone is 1. The summed E-state index contributed by atoms with van der Waals surface area (Å²) in [5, 5.41) is 2.91. The van der Waals surface area contributed by atoms with Gasteiger partial charge in [-0.3, -0.25) is 0 Å². The highest BCUT2D eigenvalue weighted by Crippen LogP contribution is 2.44. The lowest BCUT2D eigenvalue weighted by Gasteiger charge is -2.19. The molecule has 2 rings (SSSR count). The van der Waals surface area contributed by atoms with Crippen LogP contribution < -0.4 is 5.32 Å². The molecular weight excluding hydrogens is 215 g/mol. The predicted molar refractivity (Wildman–Crippen MR) is 57.2 cm³/mol. The van der Waals surface area contributed by atoms with E-state index in [9.17, 15) is 13.2 Å². The Morgan fingerprint density at radius 1 is 1.25 bits per heavy atom. The van der Waals surface area contributed by atoms with Gasteiger partial charge in [0.2, 0.25) is 0 Å². The summed E-state index contributed by atoms with van der Waals surface area (Å²) in [5.74, 6) is 0. The first-order valence-electron chi connectivity index (χ1n) is 4.91. The first kappa shape index (κ1) is 11.0. The molecule has 1 nitrogen and oxygen atoms in total. The van der Waals surface area contributed by atoms with Crippen LogP contribution in [0, 0.1) is 0 Å². The quantitative estimate of drug-likeness (QED) is 0.708. The third-order valence-corrected chi connectivity index (χ3v) is 3.06. The molecule has 0 amide bonds. The van der Waals surface area contributed by atoms with Gasteiger partial charge < -0.3 is 5.32 Å². The molecule has 0 bridgehead atoms. The number of halogens is 3. The lowest BCUT2D eigenvalue weighted by atomic mass is 9.84. The van der Waals surface area contributed by atoms with E-state index in [1.54, 1.807) is 0 Å². The van der Waals surface area contributed by atoms with Gasteiger partial charge in [-0.2, -0.15) is 13.2 Å². The minimum Gasteiger partial charge on any atom is -0.358 e. The lowest BCUT2D eigenvalue weighted by molar-refractivity contribution is -0.137. The first-order valence-corrected chi connectivity index (χ1v) is 4.91. The van der Waals surface area contributed by atoms with Gasteiger partial charge in [0.25, 0.3) is 0 Å². The van der Waals surface area contributed by atoms with Crippen molar-refractivity contribution >= 4 is 5.69 Å². The topological polar surface area (TPSA) is 12.0 Å². The van der Waals surface area contributed by atoms with E-state index in [1.165, 1.54) is 6.07 Å². The Balaban J connectivity index is 2.53. The Kier molecular flexibility index (Phi) is 2.09. The summed E-state index contributed by atoms with van der Waals surface area (Å²) in [4.78, 5) is 0. The molecule has 0 aromatic heterocycles. The number of alkyl halides is 3. The van der Waals surface area contributed by atoms with Gasteiger partial charge in [0.05, 0.1) is 5.56 Å². The van der Waals surface area contributed by atoms with Crippen LogP contribution in [-0.2, 0) is 11.6 Å². The van der Waals surface area contributed by atoms with E-state index in [0.29, 0.717) is 5.69 Å². The zero-order valence-electron chi connectivity index (χ0n) is 9.07. The molecule has 0 saturated carbocycles. The normalized spacial score (nSPS) is 18.2. The summed E-state index contributed by atoms with van der Waals surface area (Å²) in [7, 11) is 0. The molecule has 1 N–H and O–H groups in total. The standard InChI is InChI=1S/C12H12F3N/c1-7-11(2,3)9-5-4-8(12(13,14)15)6-10(9)16-7/h4-6,16H,1H2,2-3H3. The molecule has 0 unspecified atom stereocenters. The highest BCUT2D eigenvalue weighted by molar-refractivity contribution is 5.68. The Morgan fingerprint density at radius 2 is 1.88 bits per heavy atom. The van der Waals surface area contributed by atoms with E-state index >= 15 is 0 Å². The average molecular weight is 227 g/mol. The molecule has 86 valence electrons. The van der Waals surface area contributed by atoms with Crippen molar-refractivity contribution in [1.29, 1.82) is 0 Å². The molecule has 0 spiro atoms. The van der Waals surface area contributed by atoms with E-state index in [0.717, 1.165) is 23.4 Å². The Bertz CT molecular complexity index is 458. The number of benzene rings is 1. The van der Waals surface area contributed by atoms with Crippen LogP contribution in [0.4, 0.5) is 18.9 Å². The number of hydrogen-bond acceptors (Lipinski definition) is 1. The van der Waals surface area contributed by atoms with E-state index in [4.69, 9.17) is 0 Å². The molecule has 4 heteroatoms. The second-order valence-electron chi connectivity index (χ2n) is 4.49. The zero-order valence-corrected chi connectivity index (χ0v) is 9.07. The van der Waals surface area contributed by atoms with E-state index < -0.39 is 11.7 Å². The van der Waals surface area contributed by atoms with Crippen molar-refractivity contribution in [2.75, 3.05) is 5.32 Å². The second kappa shape index (κ2) is 3.03. The van der Waals surface area contributed by atoms with Gasteiger partial charge in [0.15, 0.2) is 0 Å². The van der Waals surface area contributed by atoms with Gasteiger partial charge in [0.1, 0.15) is 0 Å². The van der Waals surface area contributed by atoms with Crippen molar-refractivity contribution in [2.45, 2.75) is 25.4 Å². The molecule has 0 radical (unpaired) electrons. The third-order valence-electron chi connectivity index (χ3n) is 3.06. The molecule has 0 atom stereocenters. The molecule has 0 aliphatic carbocycles. The Labute approximate surface area is 92.0 Å². The summed E-state index contributed by atoms with van der Waals surface area (Å²) < 4.78 is 37.5. The largest absolute Gasteiger partial charge is 0.416 e.